The number of ether oxygens (including phenoxy) is 2. The second-order valence-electron chi connectivity index (χ2n) is 4.24. The van der Waals surface area contributed by atoms with Gasteiger partial charge in [-0.1, -0.05) is 17.7 Å². The topological polar surface area (TPSA) is 64.6 Å². The van der Waals surface area contributed by atoms with Gasteiger partial charge in [0.15, 0.2) is 6.10 Å². The highest BCUT2D eigenvalue weighted by Crippen LogP contribution is 2.19. The van der Waals surface area contributed by atoms with E-state index in [0.29, 0.717) is 12.2 Å². The maximum Gasteiger partial charge on any atom is 0.328 e. The second kappa shape index (κ2) is 5.08. The molecular weight excluding hydrogens is 234 g/mol. The van der Waals surface area contributed by atoms with Crippen LogP contribution in [0.3, 0.4) is 0 Å². The number of carbonyl (C=O) groups is 2. The highest BCUT2D eigenvalue weighted by molar-refractivity contribution is 5.91. The smallest absolute Gasteiger partial charge is 0.328 e. The molecule has 0 bridgehead atoms. The Morgan fingerprint density at radius 3 is 2.61 bits per heavy atom. The number of esters is 1. The van der Waals surface area contributed by atoms with Crippen LogP contribution in [-0.2, 0) is 14.3 Å². The van der Waals surface area contributed by atoms with Gasteiger partial charge in [0.2, 0.25) is 0 Å². The van der Waals surface area contributed by atoms with Crippen molar-refractivity contribution in [2.24, 2.45) is 0 Å². The monoisotopic (exact) mass is 249 g/mol. The molecule has 2 unspecified atom stereocenters. The molecule has 1 fully saturated rings. The first-order valence-corrected chi connectivity index (χ1v) is 5.71. The third kappa shape index (κ3) is 2.61. The summed E-state index contributed by atoms with van der Waals surface area (Å²) in [5.41, 5.74) is 1.12. The number of benzene rings is 1. The Labute approximate surface area is 105 Å². The van der Waals surface area contributed by atoms with Gasteiger partial charge in [-0.15, -0.1) is 0 Å². The molecule has 2 atom stereocenters. The van der Waals surface area contributed by atoms with Crippen LogP contribution in [-0.4, -0.2) is 31.1 Å². The first-order chi connectivity index (χ1) is 8.60. The lowest BCUT2D eigenvalue weighted by atomic mass is 10.2. The number of hydrogen-bond donors (Lipinski definition) is 1. The largest absolute Gasteiger partial charge is 0.481 e. The van der Waals surface area contributed by atoms with Crippen LogP contribution >= 0.6 is 0 Å². The van der Waals surface area contributed by atoms with Crippen LogP contribution in [0.4, 0.5) is 0 Å². The predicted molar refractivity (Wildman–Crippen MR) is 64.2 cm³/mol. The van der Waals surface area contributed by atoms with Gasteiger partial charge in [0.05, 0.1) is 7.11 Å². The lowest BCUT2D eigenvalue weighted by Gasteiger charge is -2.11. The van der Waals surface area contributed by atoms with Crippen LogP contribution in [0.1, 0.15) is 12.0 Å². The first kappa shape index (κ1) is 12.4. The summed E-state index contributed by atoms with van der Waals surface area (Å²) in [6, 6.07) is 6.79. The van der Waals surface area contributed by atoms with Crippen molar-refractivity contribution in [1.82, 2.24) is 5.32 Å². The van der Waals surface area contributed by atoms with E-state index in [0.717, 1.165) is 5.56 Å². The Bertz CT molecular complexity index is 455. The van der Waals surface area contributed by atoms with Gasteiger partial charge in [-0.2, -0.15) is 0 Å². The van der Waals surface area contributed by atoms with Gasteiger partial charge in [0, 0.05) is 6.42 Å². The highest BCUT2D eigenvalue weighted by Gasteiger charge is 2.38. The van der Waals surface area contributed by atoms with Gasteiger partial charge in [-0.05, 0) is 19.1 Å². The van der Waals surface area contributed by atoms with Crippen molar-refractivity contribution in [3.8, 4) is 5.75 Å². The molecule has 1 saturated heterocycles. The van der Waals surface area contributed by atoms with E-state index in [9.17, 15) is 9.59 Å². The van der Waals surface area contributed by atoms with Gasteiger partial charge < -0.3 is 14.8 Å². The Balaban J connectivity index is 2.00. The standard InChI is InChI=1S/C13H15NO4/c1-8-3-5-9(6-4-8)18-11-7-10(13(16)17-2)14-12(11)15/h3-6,10-11H,7H2,1-2H3,(H,14,15). The molecule has 0 saturated carbocycles. The van der Waals surface area contributed by atoms with Crippen molar-refractivity contribution < 1.29 is 19.1 Å². The molecule has 1 aromatic rings. The molecule has 1 heterocycles. The molecule has 5 nitrogen and oxygen atoms in total. The molecule has 18 heavy (non-hydrogen) atoms. The quantitative estimate of drug-likeness (QED) is 0.805. The summed E-state index contributed by atoms with van der Waals surface area (Å²) in [5, 5.41) is 2.55. The van der Waals surface area contributed by atoms with E-state index in [1.54, 1.807) is 12.1 Å². The van der Waals surface area contributed by atoms with E-state index < -0.39 is 18.1 Å². The SMILES string of the molecule is COC(=O)C1CC(Oc2ccc(C)cc2)C(=O)N1. The van der Waals surface area contributed by atoms with E-state index >= 15 is 0 Å². The zero-order valence-electron chi connectivity index (χ0n) is 10.3. The van der Waals surface area contributed by atoms with E-state index in [1.165, 1.54) is 7.11 Å². The van der Waals surface area contributed by atoms with Crippen LogP contribution in [0.15, 0.2) is 24.3 Å². The molecule has 0 radical (unpaired) electrons. The first-order valence-electron chi connectivity index (χ1n) is 5.71. The molecule has 0 aromatic heterocycles. The van der Waals surface area contributed by atoms with Gasteiger partial charge in [0.25, 0.3) is 5.91 Å². The number of aryl methyl sites for hydroxylation is 1. The Kier molecular flexibility index (Phi) is 3.50. The van der Waals surface area contributed by atoms with Crippen LogP contribution in [0.2, 0.25) is 0 Å². The third-order valence-electron chi connectivity index (χ3n) is 2.84. The summed E-state index contributed by atoms with van der Waals surface area (Å²) < 4.78 is 10.1. The molecule has 1 aliphatic heterocycles. The van der Waals surface area contributed by atoms with E-state index in [1.807, 2.05) is 19.1 Å². The summed E-state index contributed by atoms with van der Waals surface area (Å²) in [4.78, 5) is 22.9. The fourth-order valence-corrected chi connectivity index (χ4v) is 1.82. The summed E-state index contributed by atoms with van der Waals surface area (Å²) >= 11 is 0. The van der Waals surface area contributed by atoms with E-state index in [2.05, 4.69) is 10.1 Å². The molecule has 2 rings (SSSR count). The van der Waals surface area contributed by atoms with Crippen molar-refractivity contribution in [3.05, 3.63) is 29.8 Å². The van der Waals surface area contributed by atoms with Crippen molar-refractivity contribution in [1.29, 1.82) is 0 Å². The van der Waals surface area contributed by atoms with Crippen molar-refractivity contribution in [2.45, 2.75) is 25.5 Å². The Hall–Kier alpha value is -2.04. The normalized spacial score (nSPS) is 22.4. The Morgan fingerprint density at radius 2 is 2.00 bits per heavy atom. The molecule has 1 aromatic carbocycles. The highest BCUT2D eigenvalue weighted by atomic mass is 16.5. The van der Waals surface area contributed by atoms with Gasteiger partial charge in [-0.25, -0.2) is 4.79 Å². The molecular formula is C13H15NO4. The average molecular weight is 249 g/mol. The summed E-state index contributed by atoms with van der Waals surface area (Å²) in [7, 11) is 1.29. The van der Waals surface area contributed by atoms with Crippen molar-refractivity contribution in [2.75, 3.05) is 7.11 Å². The van der Waals surface area contributed by atoms with Crippen LogP contribution in [0, 0.1) is 6.92 Å². The van der Waals surface area contributed by atoms with Gasteiger partial charge in [0.1, 0.15) is 11.8 Å². The average Bonchev–Trinajstić information content (AvgIpc) is 2.73. The molecule has 5 heteroatoms. The minimum Gasteiger partial charge on any atom is -0.481 e. The molecule has 0 aliphatic carbocycles. The predicted octanol–water partition coefficient (Wildman–Crippen LogP) is 0.804. The molecule has 96 valence electrons. The number of hydrogen-bond acceptors (Lipinski definition) is 4. The van der Waals surface area contributed by atoms with Crippen LogP contribution < -0.4 is 10.1 Å². The maximum absolute atomic E-state index is 11.6. The number of rotatable bonds is 3. The molecule has 1 N–H and O–H groups in total. The van der Waals surface area contributed by atoms with E-state index in [-0.39, 0.29) is 5.91 Å². The summed E-state index contributed by atoms with van der Waals surface area (Å²) in [6.45, 7) is 1.97. The second-order valence-corrected chi connectivity index (χ2v) is 4.24. The zero-order valence-corrected chi connectivity index (χ0v) is 10.3. The lowest BCUT2D eigenvalue weighted by molar-refractivity contribution is -0.143. The Morgan fingerprint density at radius 1 is 1.33 bits per heavy atom. The number of nitrogens with one attached hydrogen (secondary N) is 1. The van der Waals surface area contributed by atoms with Gasteiger partial charge in [-0.3, -0.25) is 4.79 Å². The maximum atomic E-state index is 11.6. The minimum absolute atomic E-state index is 0.286. The van der Waals surface area contributed by atoms with Crippen molar-refractivity contribution in [3.63, 3.8) is 0 Å². The molecule has 1 aliphatic rings. The van der Waals surface area contributed by atoms with E-state index in [4.69, 9.17) is 4.74 Å². The lowest BCUT2D eigenvalue weighted by Crippen LogP contribution is -2.34. The number of amides is 1. The summed E-state index contributed by atoms with van der Waals surface area (Å²) in [6.07, 6.45) is -0.351. The van der Waals surface area contributed by atoms with Crippen LogP contribution in [0.5, 0.6) is 5.75 Å². The zero-order chi connectivity index (χ0) is 13.1. The number of methoxy groups -OCH3 is 1. The fourth-order valence-electron chi connectivity index (χ4n) is 1.82. The third-order valence-corrected chi connectivity index (χ3v) is 2.84. The summed E-state index contributed by atoms with van der Waals surface area (Å²) in [5.74, 6) is -0.115. The van der Waals surface area contributed by atoms with Crippen molar-refractivity contribution >= 4 is 11.9 Å². The molecule has 0 spiro atoms. The minimum atomic E-state index is -0.642. The van der Waals surface area contributed by atoms with Crippen LogP contribution in [0.25, 0.3) is 0 Å². The molecule has 1 amide bonds. The number of carbonyl (C=O) groups excluding carboxylic acids is 2. The van der Waals surface area contributed by atoms with Gasteiger partial charge >= 0.3 is 5.97 Å². The fraction of sp³-hybridized carbons (Fsp3) is 0.385.